The third kappa shape index (κ3) is 2.17. The fourth-order valence-electron chi connectivity index (χ4n) is 1.73. The molecule has 0 unspecified atom stereocenters. The molecule has 0 saturated heterocycles. The van der Waals surface area contributed by atoms with Crippen molar-refractivity contribution in [3.05, 3.63) is 35.8 Å². The first-order valence-corrected chi connectivity index (χ1v) is 5.80. The molecule has 0 aliphatic heterocycles. The summed E-state index contributed by atoms with van der Waals surface area (Å²) in [4.78, 5) is 15.8. The van der Waals surface area contributed by atoms with Crippen LogP contribution in [0.4, 0.5) is 11.5 Å². The zero-order chi connectivity index (χ0) is 12.5. The molecule has 2 aromatic rings. The van der Waals surface area contributed by atoms with E-state index in [4.69, 9.17) is 5.73 Å². The maximum absolute atomic E-state index is 11.9. The minimum atomic E-state index is -0.246. The summed E-state index contributed by atoms with van der Waals surface area (Å²) in [6, 6.07) is 5.14. The monoisotopic (exact) mass is 243 g/mol. The Morgan fingerprint density at radius 2 is 2.28 bits per heavy atom. The van der Waals surface area contributed by atoms with Crippen LogP contribution in [-0.4, -0.2) is 21.1 Å². The van der Waals surface area contributed by atoms with Gasteiger partial charge in [0.15, 0.2) is 5.69 Å². The topological polar surface area (TPSA) is 96.7 Å². The first kappa shape index (κ1) is 10.8. The first-order chi connectivity index (χ1) is 8.72. The van der Waals surface area contributed by atoms with Gasteiger partial charge in [-0.2, -0.15) is 5.10 Å². The highest BCUT2D eigenvalue weighted by Crippen LogP contribution is 2.38. The number of nitrogens with one attached hydrogen (secondary N) is 2. The SMILES string of the molecule is Nc1ccc(NC(=O)c2cc(C3CC3)[nH]n2)cn1. The lowest BCUT2D eigenvalue weighted by atomic mass is 10.2. The van der Waals surface area contributed by atoms with Gasteiger partial charge >= 0.3 is 0 Å². The van der Waals surface area contributed by atoms with Crippen molar-refractivity contribution in [2.24, 2.45) is 0 Å². The number of amides is 1. The molecule has 0 bridgehead atoms. The number of anilines is 2. The van der Waals surface area contributed by atoms with E-state index in [0.717, 1.165) is 5.69 Å². The van der Waals surface area contributed by atoms with Gasteiger partial charge in [-0.05, 0) is 31.0 Å². The minimum absolute atomic E-state index is 0.246. The molecule has 4 N–H and O–H groups in total. The van der Waals surface area contributed by atoms with Gasteiger partial charge in [0, 0.05) is 11.6 Å². The standard InChI is InChI=1S/C12H13N5O/c13-11-4-3-8(6-14-11)15-12(18)10-5-9(16-17-10)7-1-2-7/h3-7H,1-2H2,(H2,13,14)(H,15,18)(H,16,17). The zero-order valence-electron chi connectivity index (χ0n) is 9.68. The molecule has 1 aliphatic rings. The van der Waals surface area contributed by atoms with Crippen molar-refractivity contribution in [2.45, 2.75) is 18.8 Å². The van der Waals surface area contributed by atoms with Crippen LogP contribution < -0.4 is 11.1 Å². The maximum atomic E-state index is 11.9. The molecule has 0 atom stereocenters. The lowest BCUT2D eigenvalue weighted by molar-refractivity contribution is 0.102. The third-order valence-electron chi connectivity index (χ3n) is 2.89. The van der Waals surface area contributed by atoms with Crippen LogP contribution in [0.1, 0.15) is 34.9 Å². The molecule has 18 heavy (non-hydrogen) atoms. The van der Waals surface area contributed by atoms with Crippen molar-refractivity contribution in [2.75, 3.05) is 11.1 Å². The number of nitrogens with zero attached hydrogens (tertiary/aromatic N) is 2. The maximum Gasteiger partial charge on any atom is 0.276 e. The van der Waals surface area contributed by atoms with Gasteiger partial charge in [-0.1, -0.05) is 0 Å². The Balaban J connectivity index is 1.71. The molecule has 0 spiro atoms. The van der Waals surface area contributed by atoms with Crippen molar-refractivity contribution in [1.82, 2.24) is 15.2 Å². The number of nitrogen functional groups attached to an aromatic ring is 1. The largest absolute Gasteiger partial charge is 0.384 e. The summed E-state index contributed by atoms with van der Waals surface area (Å²) >= 11 is 0. The summed E-state index contributed by atoms with van der Waals surface area (Å²) < 4.78 is 0. The number of nitrogens with two attached hydrogens (primary N) is 1. The first-order valence-electron chi connectivity index (χ1n) is 5.80. The highest BCUT2D eigenvalue weighted by atomic mass is 16.1. The molecule has 3 rings (SSSR count). The van der Waals surface area contributed by atoms with E-state index >= 15 is 0 Å². The van der Waals surface area contributed by atoms with Gasteiger partial charge in [0.05, 0.1) is 11.9 Å². The number of rotatable bonds is 3. The van der Waals surface area contributed by atoms with E-state index in [1.807, 2.05) is 0 Å². The fraction of sp³-hybridized carbons (Fsp3) is 0.250. The van der Waals surface area contributed by atoms with Gasteiger partial charge in [-0.25, -0.2) is 4.98 Å². The molecule has 0 radical (unpaired) electrons. The summed E-state index contributed by atoms with van der Waals surface area (Å²) in [6.07, 6.45) is 3.86. The molecular weight excluding hydrogens is 230 g/mol. The van der Waals surface area contributed by atoms with Crippen molar-refractivity contribution >= 4 is 17.4 Å². The summed E-state index contributed by atoms with van der Waals surface area (Å²) in [5, 5.41) is 9.62. The number of aromatic nitrogens is 3. The van der Waals surface area contributed by atoms with Crippen molar-refractivity contribution in [3.63, 3.8) is 0 Å². The van der Waals surface area contributed by atoms with Crippen LogP contribution in [0.25, 0.3) is 0 Å². The van der Waals surface area contributed by atoms with Crippen LogP contribution in [0.3, 0.4) is 0 Å². The van der Waals surface area contributed by atoms with E-state index < -0.39 is 0 Å². The number of aromatic amines is 1. The van der Waals surface area contributed by atoms with Gasteiger partial charge in [-0.15, -0.1) is 0 Å². The predicted octanol–water partition coefficient (Wildman–Crippen LogP) is 1.52. The van der Waals surface area contributed by atoms with Crippen LogP contribution in [0, 0.1) is 0 Å². The molecule has 1 fully saturated rings. The molecule has 1 saturated carbocycles. The van der Waals surface area contributed by atoms with E-state index in [-0.39, 0.29) is 5.91 Å². The quantitative estimate of drug-likeness (QED) is 0.761. The zero-order valence-corrected chi connectivity index (χ0v) is 9.68. The van der Waals surface area contributed by atoms with Crippen LogP contribution in [0.5, 0.6) is 0 Å². The second-order valence-corrected chi connectivity index (χ2v) is 4.41. The van der Waals surface area contributed by atoms with E-state index in [1.54, 1.807) is 18.2 Å². The molecule has 2 heterocycles. The Labute approximate surface area is 104 Å². The highest BCUT2D eigenvalue weighted by Gasteiger charge is 2.26. The van der Waals surface area contributed by atoms with Crippen LogP contribution >= 0.6 is 0 Å². The minimum Gasteiger partial charge on any atom is -0.384 e. The van der Waals surface area contributed by atoms with Gasteiger partial charge in [0.2, 0.25) is 0 Å². The average molecular weight is 243 g/mol. The Kier molecular flexibility index (Phi) is 2.47. The lowest BCUT2D eigenvalue weighted by Crippen LogP contribution is -2.12. The lowest BCUT2D eigenvalue weighted by Gasteiger charge is -2.02. The number of carbonyl (C=O) groups excluding carboxylic acids is 1. The summed E-state index contributed by atoms with van der Waals surface area (Å²) in [5.74, 6) is 0.728. The van der Waals surface area contributed by atoms with Crippen LogP contribution in [-0.2, 0) is 0 Å². The van der Waals surface area contributed by atoms with E-state index in [9.17, 15) is 4.79 Å². The summed E-state index contributed by atoms with van der Waals surface area (Å²) in [5.41, 5.74) is 7.51. The Morgan fingerprint density at radius 1 is 1.44 bits per heavy atom. The van der Waals surface area contributed by atoms with E-state index in [0.29, 0.717) is 23.1 Å². The van der Waals surface area contributed by atoms with Crippen LogP contribution in [0.15, 0.2) is 24.4 Å². The molecule has 2 aromatic heterocycles. The predicted molar refractivity (Wildman–Crippen MR) is 67.2 cm³/mol. The highest BCUT2D eigenvalue weighted by molar-refractivity contribution is 6.02. The second kappa shape index (κ2) is 4.14. The van der Waals surface area contributed by atoms with E-state index in [1.165, 1.54) is 19.0 Å². The van der Waals surface area contributed by atoms with Crippen molar-refractivity contribution in [1.29, 1.82) is 0 Å². The Bertz CT molecular complexity index is 570. The van der Waals surface area contributed by atoms with E-state index in [2.05, 4.69) is 20.5 Å². The van der Waals surface area contributed by atoms with Crippen LogP contribution in [0.2, 0.25) is 0 Å². The number of hydrogen-bond acceptors (Lipinski definition) is 4. The molecule has 1 amide bonds. The molecule has 6 nitrogen and oxygen atoms in total. The van der Waals surface area contributed by atoms with Gasteiger partial charge in [-0.3, -0.25) is 9.89 Å². The Hall–Kier alpha value is -2.37. The molecule has 1 aliphatic carbocycles. The Morgan fingerprint density at radius 3 is 2.94 bits per heavy atom. The smallest absolute Gasteiger partial charge is 0.276 e. The third-order valence-corrected chi connectivity index (χ3v) is 2.89. The molecule has 92 valence electrons. The molecule has 6 heteroatoms. The number of H-pyrrole nitrogens is 1. The van der Waals surface area contributed by atoms with Gasteiger partial charge < -0.3 is 11.1 Å². The summed E-state index contributed by atoms with van der Waals surface area (Å²) in [7, 11) is 0. The van der Waals surface area contributed by atoms with Crippen molar-refractivity contribution < 1.29 is 4.79 Å². The van der Waals surface area contributed by atoms with Crippen molar-refractivity contribution in [3.8, 4) is 0 Å². The molecular formula is C12H13N5O. The normalized spacial score (nSPS) is 14.4. The van der Waals surface area contributed by atoms with Gasteiger partial charge in [0.25, 0.3) is 5.91 Å². The number of pyridine rings is 1. The number of hydrogen-bond donors (Lipinski definition) is 3. The fourth-order valence-corrected chi connectivity index (χ4v) is 1.73. The second-order valence-electron chi connectivity index (χ2n) is 4.41. The average Bonchev–Trinajstić information content (AvgIpc) is 3.10. The number of carbonyl (C=O) groups is 1. The molecule has 0 aromatic carbocycles. The summed E-state index contributed by atoms with van der Waals surface area (Å²) in [6.45, 7) is 0. The van der Waals surface area contributed by atoms with Gasteiger partial charge in [0.1, 0.15) is 5.82 Å².